The maximum absolute atomic E-state index is 13.9. The molecule has 1 unspecified atom stereocenters. The van der Waals surface area contributed by atoms with Gasteiger partial charge in [-0.25, -0.2) is 0 Å². The van der Waals surface area contributed by atoms with Crippen LogP contribution in [0.25, 0.3) is 0 Å². The van der Waals surface area contributed by atoms with E-state index in [1.165, 1.54) is 0 Å². The van der Waals surface area contributed by atoms with Crippen LogP contribution in [0.1, 0.15) is 56.4 Å². The minimum Gasteiger partial charge on any atom is -0.497 e. The molecule has 0 saturated carbocycles. The summed E-state index contributed by atoms with van der Waals surface area (Å²) in [5, 5.41) is 3.43. The van der Waals surface area contributed by atoms with Gasteiger partial charge in [-0.3, -0.25) is 9.88 Å². The molecule has 0 aromatic heterocycles. The van der Waals surface area contributed by atoms with E-state index < -0.39 is 13.4 Å². The molecule has 0 amide bonds. The Morgan fingerprint density at radius 3 is 2.00 bits per heavy atom. The third kappa shape index (κ3) is 7.60. The van der Waals surface area contributed by atoms with Gasteiger partial charge in [0, 0.05) is 6.54 Å². The number of methoxy groups -OCH3 is 1. The predicted molar refractivity (Wildman–Crippen MR) is 118 cm³/mol. The lowest BCUT2D eigenvalue weighted by molar-refractivity contribution is 0.188. The fourth-order valence-corrected chi connectivity index (χ4v) is 4.86. The summed E-state index contributed by atoms with van der Waals surface area (Å²) in [6.07, 6.45) is 3.63. The first-order valence-electron chi connectivity index (χ1n) is 10.4. The summed E-state index contributed by atoms with van der Waals surface area (Å²) in [5.41, 5.74) is 1.97. The number of benzene rings is 2. The summed E-state index contributed by atoms with van der Waals surface area (Å²) in [6.45, 7) is 5.57. The minimum atomic E-state index is -3.42. The fourth-order valence-electron chi connectivity index (χ4n) is 2.87. The number of hydrogen-bond donors (Lipinski definition) is 1. The third-order valence-corrected chi connectivity index (χ3v) is 6.83. The molecule has 0 bridgehead atoms. The Hall–Kier alpha value is -1.65. The molecular formula is C23H34NO4P. The van der Waals surface area contributed by atoms with E-state index in [4.69, 9.17) is 13.8 Å². The second-order valence-corrected chi connectivity index (χ2v) is 9.07. The Morgan fingerprint density at radius 2 is 1.48 bits per heavy atom. The van der Waals surface area contributed by atoms with Crippen molar-refractivity contribution in [1.29, 1.82) is 0 Å². The van der Waals surface area contributed by atoms with E-state index in [9.17, 15) is 4.57 Å². The highest BCUT2D eigenvalue weighted by atomic mass is 31.2. The molecule has 2 aromatic carbocycles. The van der Waals surface area contributed by atoms with Gasteiger partial charge in [0.25, 0.3) is 0 Å². The molecule has 6 heteroatoms. The smallest absolute Gasteiger partial charge is 0.351 e. The van der Waals surface area contributed by atoms with Gasteiger partial charge in [0.15, 0.2) is 0 Å². The molecule has 2 aromatic rings. The molecule has 160 valence electrons. The quantitative estimate of drug-likeness (QED) is 0.287. The van der Waals surface area contributed by atoms with E-state index in [1.54, 1.807) is 7.11 Å². The van der Waals surface area contributed by atoms with E-state index in [1.807, 2.05) is 54.6 Å². The molecule has 1 atom stereocenters. The highest BCUT2D eigenvalue weighted by molar-refractivity contribution is 7.54. The van der Waals surface area contributed by atoms with E-state index in [0.29, 0.717) is 19.8 Å². The number of hydrogen-bond acceptors (Lipinski definition) is 5. The standard InChI is InChI=1S/C23H34NO4P/c1-4-6-17-27-29(25,28-18-7-5-2)23(21-13-15-22(26-3)16-14-21)24-19-20-11-9-8-10-12-20/h8-16,23-24H,4-7,17-19H2,1-3H3. The normalized spacial score (nSPS) is 12.7. The zero-order valence-electron chi connectivity index (χ0n) is 17.8. The highest BCUT2D eigenvalue weighted by Gasteiger charge is 2.37. The van der Waals surface area contributed by atoms with Crippen LogP contribution in [0.15, 0.2) is 54.6 Å². The molecule has 5 nitrogen and oxygen atoms in total. The minimum absolute atomic E-state index is 0.416. The first kappa shape index (κ1) is 23.6. The van der Waals surface area contributed by atoms with Crippen molar-refractivity contribution in [3.05, 3.63) is 65.7 Å². The monoisotopic (exact) mass is 419 g/mol. The van der Waals surface area contributed by atoms with E-state index in [0.717, 1.165) is 42.6 Å². The second-order valence-electron chi connectivity index (χ2n) is 6.96. The van der Waals surface area contributed by atoms with Crippen LogP contribution >= 0.6 is 7.60 Å². The summed E-state index contributed by atoms with van der Waals surface area (Å²) >= 11 is 0. The van der Waals surface area contributed by atoms with Crippen LogP contribution in [-0.2, 0) is 20.2 Å². The Labute approximate surface area is 175 Å². The average Bonchev–Trinajstić information content (AvgIpc) is 2.75. The molecule has 0 spiro atoms. The van der Waals surface area contributed by atoms with Gasteiger partial charge in [0.05, 0.1) is 20.3 Å². The molecule has 2 rings (SSSR count). The summed E-state index contributed by atoms with van der Waals surface area (Å²) < 4.78 is 31.0. The largest absolute Gasteiger partial charge is 0.497 e. The topological polar surface area (TPSA) is 56.8 Å². The summed E-state index contributed by atoms with van der Waals surface area (Å²) in [6, 6.07) is 17.6. The van der Waals surface area contributed by atoms with Crippen molar-refractivity contribution in [2.45, 2.75) is 51.9 Å². The lowest BCUT2D eigenvalue weighted by Gasteiger charge is -2.28. The fraction of sp³-hybridized carbons (Fsp3) is 0.478. The van der Waals surface area contributed by atoms with Gasteiger partial charge in [-0.2, -0.15) is 0 Å². The van der Waals surface area contributed by atoms with Gasteiger partial charge in [-0.05, 0) is 36.1 Å². The van der Waals surface area contributed by atoms with Crippen LogP contribution in [-0.4, -0.2) is 20.3 Å². The first-order valence-corrected chi connectivity index (χ1v) is 12.0. The first-order chi connectivity index (χ1) is 14.1. The molecule has 0 heterocycles. The van der Waals surface area contributed by atoms with Crippen LogP contribution in [0.2, 0.25) is 0 Å². The summed E-state index contributed by atoms with van der Waals surface area (Å²) in [4.78, 5) is 0. The van der Waals surface area contributed by atoms with Gasteiger partial charge >= 0.3 is 7.60 Å². The highest BCUT2D eigenvalue weighted by Crippen LogP contribution is 2.60. The maximum Gasteiger partial charge on any atom is 0.351 e. The summed E-state index contributed by atoms with van der Waals surface area (Å²) in [5.74, 6) is 0.200. The van der Waals surface area contributed by atoms with Crippen molar-refractivity contribution in [2.24, 2.45) is 0 Å². The molecule has 1 N–H and O–H groups in total. The molecule has 0 aliphatic carbocycles. The number of unbranched alkanes of at least 4 members (excludes halogenated alkanes) is 2. The van der Waals surface area contributed by atoms with E-state index in [2.05, 4.69) is 19.2 Å². The van der Waals surface area contributed by atoms with E-state index in [-0.39, 0.29) is 0 Å². The Morgan fingerprint density at radius 1 is 0.897 bits per heavy atom. The second kappa shape index (κ2) is 12.8. The molecule has 29 heavy (non-hydrogen) atoms. The van der Waals surface area contributed by atoms with Crippen LogP contribution < -0.4 is 10.1 Å². The number of nitrogens with one attached hydrogen (secondary N) is 1. The molecule has 0 fully saturated rings. The predicted octanol–water partition coefficient (Wildman–Crippen LogP) is 6.31. The van der Waals surface area contributed by atoms with Crippen LogP contribution in [0.5, 0.6) is 5.75 Å². The maximum atomic E-state index is 13.9. The molecule has 0 aliphatic rings. The summed E-state index contributed by atoms with van der Waals surface area (Å²) in [7, 11) is -1.79. The molecule has 0 aliphatic heterocycles. The average molecular weight is 420 g/mol. The van der Waals surface area contributed by atoms with Gasteiger partial charge < -0.3 is 13.8 Å². The van der Waals surface area contributed by atoms with Gasteiger partial charge in [0.1, 0.15) is 11.5 Å². The van der Waals surface area contributed by atoms with E-state index >= 15 is 0 Å². The van der Waals surface area contributed by atoms with Crippen LogP contribution in [0.3, 0.4) is 0 Å². The SMILES string of the molecule is CCCCOP(=O)(OCCCC)C(NCc1ccccc1)c1ccc(OC)cc1. The van der Waals surface area contributed by atoms with Gasteiger partial charge in [-0.15, -0.1) is 0 Å². The number of rotatable bonds is 14. The Bertz CT molecular complexity index is 722. The van der Waals surface area contributed by atoms with Crippen molar-refractivity contribution in [2.75, 3.05) is 20.3 Å². The van der Waals surface area contributed by atoms with Crippen molar-refractivity contribution in [3.8, 4) is 5.75 Å². The van der Waals surface area contributed by atoms with Gasteiger partial charge in [0.2, 0.25) is 0 Å². The Balaban J connectivity index is 2.29. The third-order valence-electron chi connectivity index (χ3n) is 4.63. The molecule has 0 radical (unpaired) electrons. The Kier molecular flexibility index (Phi) is 10.4. The van der Waals surface area contributed by atoms with Crippen molar-refractivity contribution in [1.82, 2.24) is 5.32 Å². The zero-order chi connectivity index (χ0) is 21.0. The lowest BCUT2D eigenvalue weighted by Crippen LogP contribution is -2.23. The molecule has 0 saturated heterocycles. The number of ether oxygens (including phenoxy) is 1. The van der Waals surface area contributed by atoms with Crippen molar-refractivity contribution in [3.63, 3.8) is 0 Å². The van der Waals surface area contributed by atoms with Crippen LogP contribution in [0, 0.1) is 0 Å². The lowest BCUT2D eigenvalue weighted by atomic mass is 10.2. The van der Waals surface area contributed by atoms with Crippen LogP contribution in [0.4, 0.5) is 0 Å². The van der Waals surface area contributed by atoms with Crippen molar-refractivity contribution >= 4 is 7.60 Å². The van der Waals surface area contributed by atoms with Gasteiger partial charge in [-0.1, -0.05) is 69.2 Å². The zero-order valence-corrected chi connectivity index (χ0v) is 18.7. The van der Waals surface area contributed by atoms with Crippen molar-refractivity contribution < 1.29 is 18.3 Å². The molecular weight excluding hydrogens is 385 g/mol.